The first-order valence-electron chi connectivity index (χ1n) is 7.04. The standard InChI is InChI=1S/C14H20N4O2S/c1-3-13-11-17(2)5-4-6-18(13)21(19,20)14-7-12(8-15)9-16-10-14/h7,9-10,13H,3-6,11H2,1-2H3/t13-/m1/s1. The number of aromatic nitrogens is 1. The van der Waals surface area contributed by atoms with E-state index in [0.29, 0.717) is 6.54 Å². The van der Waals surface area contributed by atoms with Gasteiger partial charge in [-0.2, -0.15) is 9.57 Å². The van der Waals surface area contributed by atoms with E-state index in [1.807, 2.05) is 20.0 Å². The molecular formula is C14H20N4O2S. The van der Waals surface area contributed by atoms with Crippen LogP contribution < -0.4 is 0 Å². The molecule has 1 atom stereocenters. The summed E-state index contributed by atoms with van der Waals surface area (Å²) < 4.78 is 27.2. The molecule has 1 aliphatic rings. The Morgan fingerprint density at radius 3 is 2.86 bits per heavy atom. The molecule has 0 spiro atoms. The van der Waals surface area contributed by atoms with Crippen LogP contribution in [-0.2, 0) is 10.0 Å². The molecule has 0 N–H and O–H groups in total. The van der Waals surface area contributed by atoms with Crippen molar-refractivity contribution in [2.24, 2.45) is 0 Å². The van der Waals surface area contributed by atoms with E-state index in [0.717, 1.165) is 25.9 Å². The summed E-state index contributed by atoms with van der Waals surface area (Å²) in [7, 11) is -1.60. The number of nitrogens with zero attached hydrogens (tertiary/aromatic N) is 4. The van der Waals surface area contributed by atoms with Crippen molar-refractivity contribution in [2.75, 3.05) is 26.7 Å². The van der Waals surface area contributed by atoms with Crippen molar-refractivity contribution in [3.05, 3.63) is 24.0 Å². The van der Waals surface area contributed by atoms with Crippen molar-refractivity contribution in [3.63, 3.8) is 0 Å². The van der Waals surface area contributed by atoms with E-state index in [2.05, 4.69) is 9.88 Å². The number of sulfonamides is 1. The summed E-state index contributed by atoms with van der Waals surface area (Å²) in [5.41, 5.74) is 0.260. The molecule has 21 heavy (non-hydrogen) atoms. The Bertz CT molecular complexity index is 639. The van der Waals surface area contributed by atoms with E-state index in [1.165, 1.54) is 18.5 Å². The molecule has 6 nitrogen and oxygen atoms in total. The van der Waals surface area contributed by atoms with Crippen LogP contribution >= 0.6 is 0 Å². The van der Waals surface area contributed by atoms with Crippen molar-refractivity contribution in [2.45, 2.75) is 30.7 Å². The fourth-order valence-electron chi connectivity index (χ4n) is 2.63. The fourth-order valence-corrected chi connectivity index (χ4v) is 4.35. The molecule has 1 fully saturated rings. The highest BCUT2D eigenvalue weighted by Gasteiger charge is 2.33. The van der Waals surface area contributed by atoms with Gasteiger partial charge < -0.3 is 4.90 Å². The molecule has 0 amide bonds. The average molecular weight is 308 g/mol. The van der Waals surface area contributed by atoms with Gasteiger partial charge >= 0.3 is 0 Å². The zero-order valence-corrected chi connectivity index (χ0v) is 13.2. The van der Waals surface area contributed by atoms with Gasteiger partial charge in [0.1, 0.15) is 11.0 Å². The number of hydrogen-bond donors (Lipinski definition) is 0. The van der Waals surface area contributed by atoms with Crippen LogP contribution in [0.2, 0.25) is 0 Å². The summed E-state index contributed by atoms with van der Waals surface area (Å²) >= 11 is 0. The van der Waals surface area contributed by atoms with Gasteiger partial charge in [0.2, 0.25) is 10.0 Å². The first-order chi connectivity index (χ1) is 9.98. The van der Waals surface area contributed by atoms with Crippen LogP contribution in [0.4, 0.5) is 0 Å². The molecule has 0 aromatic carbocycles. The number of rotatable bonds is 3. The van der Waals surface area contributed by atoms with Crippen molar-refractivity contribution in [1.29, 1.82) is 5.26 Å². The van der Waals surface area contributed by atoms with E-state index in [4.69, 9.17) is 5.26 Å². The van der Waals surface area contributed by atoms with E-state index >= 15 is 0 Å². The van der Waals surface area contributed by atoms with E-state index in [-0.39, 0.29) is 16.5 Å². The number of likely N-dealkylation sites (N-methyl/N-ethyl adjacent to an activating group) is 1. The van der Waals surface area contributed by atoms with Crippen molar-refractivity contribution in [1.82, 2.24) is 14.2 Å². The number of nitriles is 1. The molecule has 2 rings (SSSR count). The second-order valence-electron chi connectivity index (χ2n) is 5.31. The normalized spacial score (nSPS) is 21.7. The lowest BCUT2D eigenvalue weighted by molar-refractivity contribution is 0.270. The smallest absolute Gasteiger partial charge is 0.244 e. The lowest BCUT2D eigenvalue weighted by Gasteiger charge is -2.29. The van der Waals surface area contributed by atoms with Gasteiger partial charge in [-0.05, 0) is 32.5 Å². The minimum Gasteiger partial charge on any atom is -0.305 e. The SMILES string of the molecule is CC[C@@H]1CN(C)CCCN1S(=O)(=O)c1cncc(C#N)c1. The highest BCUT2D eigenvalue weighted by atomic mass is 32.2. The fraction of sp³-hybridized carbons (Fsp3) is 0.571. The molecule has 0 unspecified atom stereocenters. The Kier molecular flexibility index (Phi) is 4.93. The van der Waals surface area contributed by atoms with Gasteiger partial charge in [-0.3, -0.25) is 4.98 Å². The van der Waals surface area contributed by atoms with E-state index in [9.17, 15) is 8.42 Å². The van der Waals surface area contributed by atoms with Crippen LogP contribution in [0.5, 0.6) is 0 Å². The summed E-state index contributed by atoms with van der Waals surface area (Å²) in [5, 5.41) is 8.91. The highest BCUT2D eigenvalue weighted by Crippen LogP contribution is 2.22. The quantitative estimate of drug-likeness (QED) is 0.834. The highest BCUT2D eigenvalue weighted by molar-refractivity contribution is 7.89. The summed E-state index contributed by atoms with van der Waals surface area (Å²) in [6, 6.07) is 3.28. The van der Waals surface area contributed by atoms with Gasteiger partial charge in [-0.25, -0.2) is 8.42 Å². The predicted molar refractivity (Wildman–Crippen MR) is 79.0 cm³/mol. The summed E-state index contributed by atoms with van der Waals surface area (Å²) in [5.74, 6) is 0. The second kappa shape index (κ2) is 6.52. The summed E-state index contributed by atoms with van der Waals surface area (Å²) in [4.78, 5) is 6.13. The van der Waals surface area contributed by atoms with Crippen LogP contribution in [0.3, 0.4) is 0 Å². The number of pyridine rings is 1. The maximum absolute atomic E-state index is 12.8. The zero-order valence-electron chi connectivity index (χ0n) is 12.4. The van der Waals surface area contributed by atoms with Crippen LogP contribution in [-0.4, -0.2) is 55.3 Å². The molecule has 1 aromatic heterocycles. The third kappa shape index (κ3) is 3.40. The maximum Gasteiger partial charge on any atom is 0.244 e. The van der Waals surface area contributed by atoms with Gasteiger partial charge in [-0.1, -0.05) is 6.92 Å². The van der Waals surface area contributed by atoms with Crippen LogP contribution in [0.1, 0.15) is 25.3 Å². The van der Waals surface area contributed by atoms with Crippen LogP contribution in [0, 0.1) is 11.3 Å². The minimum atomic E-state index is -3.61. The Morgan fingerprint density at radius 2 is 2.19 bits per heavy atom. The van der Waals surface area contributed by atoms with Crippen LogP contribution in [0.25, 0.3) is 0 Å². The lowest BCUT2D eigenvalue weighted by atomic mass is 10.2. The molecule has 0 aliphatic carbocycles. The first kappa shape index (κ1) is 15.9. The zero-order chi connectivity index (χ0) is 15.5. The molecule has 7 heteroatoms. The monoisotopic (exact) mass is 308 g/mol. The summed E-state index contributed by atoms with van der Waals surface area (Å²) in [6.45, 7) is 4.11. The molecule has 1 saturated heterocycles. The van der Waals surface area contributed by atoms with Gasteiger partial charge in [0.25, 0.3) is 0 Å². The Hall–Kier alpha value is -1.49. The van der Waals surface area contributed by atoms with Gasteiger partial charge in [0, 0.05) is 31.5 Å². The molecule has 0 radical (unpaired) electrons. The van der Waals surface area contributed by atoms with Gasteiger partial charge in [-0.15, -0.1) is 0 Å². The third-order valence-corrected chi connectivity index (χ3v) is 5.69. The molecular weight excluding hydrogens is 288 g/mol. The predicted octanol–water partition coefficient (Wildman–Crippen LogP) is 1.06. The molecule has 0 saturated carbocycles. The Labute approximate surface area is 126 Å². The molecule has 114 valence electrons. The largest absolute Gasteiger partial charge is 0.305 e. The maximum atomic E-state index is 12.8. The lowest BCUT2D eigenvalue weighted by Crippen LogP contribution is -2.43. The second-order valence-corrected chi connectivity index (χ2v) is 7.21. The first-order valence-corrected chi connectivity index (χ1v) is 8.48. The number of hydrogen-bond acceptors (Lipinski definition) is 5. The molecule has 1 aliphatic heterocycles. The summed E-state index contributed by atoms with van der Waals surface area (Å²) in [6.07, 6.45) is 4.25. The van der Waals surface area contributed by atoms with Crippen molar-refractivity contribution < 1.29 is 8.42 Å². The van der Waals surface area contributed by atoms with E-state index < -0.39 is 10.0 Å². The van der Waals surface area contributed by atoms with Gasteiger partial charge in [0.15, 0.2) is 0 Å². The van der Waals surface area contributed by atoms with Crippen molar-refractivity contribution in [3.8, 4) is 6.07 Å². The van der Waals surface area contributed by atoms with Gasteiger partial charge in [0.05, 0.1) is 5.56 Å². The average Bonchev–Trinajstić information content (AvgIpc) is 2.68. The molecule has 1 aromatic rings. The molecule has 2 heterocycles. The third-order valence-electron chi connectivity index (χ3n) is 3.77. The topological polar surface area (TPSA) is 77.3 Å². The van der Waals surface area contributed by atoms with Crippen LogP contribution in [0.15, 0.2) is 23.4 Å². The minimum absolute atomic E-state index is 0.0479. The van der Waals surface area contributed by atoms with Crippen molar-refractivity contribution >= 4 is 10.0 Å². The Balaban J connectivity index is 2.38. The van der Waals surface area contributed by atoms with E-state index in [1.54, 1.807) is 4.31 Å². The molecule has 0 bridgehead atoms. The Morgan fingerprint density at radius 1 is 1.43 bits per heavy atom.